The van der Waals surface area contributed by atoms with Crippen molar-refractivity contribution in [3.63, 3.8) is 0 Å². The van der Waals surface area contributed by atoms with Crippen molar-refractivity contribution in [1.29, 1.82) is 0 Å². The van der Waals surface area contributed by atoms with Crippen LogP contribution < -0.4 is 0 Å². The Morgan fingerprint density at radius 1 is 0.933 bits per heavy atom. The molecule has 0 atom stereocenters. The Kier molecular flexibility index (Phi) is 10.9. The maximum Gasteiger partial charge on any atom is 0.133 e. The minimum Gasteiger partial charge on any atom is -0.303 e. The molecule has 0 aromatic rings. The molecule has 0 aromatic carbocycles. The van der Waals surface area contributed by atoms with Gasteiger partial charge in [0.05, 0.1) is 0 Å². The van der Waals surface area contributed by atoms with Crippen LogP contribution in [-0.4, -0.2) is 12.1 Å². The molecule has 0 rings (SSSR count). The zero-order valence-corrected chi connectivity index (χ0v) is 9.96. The maximum atomic E-state index is 11.2. The van der Waals surface area contributed by atoms with E-state index in [0.717, 1.165) is 19.1 Å². The predicted molar refractivity (Wildman–Crippen MR) is 62.9 cm³/mol. The summed E-state index contributed by atoms with van der Waals surface area (Å²) in [4.78, 5) is 21.2. The van der Waals surface area contributed by atoms with Crippen molar-refractivity contribution in [2.45, 2.75) is 71.1 Å². The van der Waals surface area contributed by atoms with Crippen LogP contribution >= 0.6 is 0 Å². The highest BCUT2D eigenvalue weighted by molar-refractivity contribution is 5.80. The van der Waals surface area contributed by atoms with Crippen LogP contribution in [0.25, 0.3) is 0 Å². The zero-order valence-electron chi connectivity index (χ0n) is 9.96. The van der Waals surface area contributed by atoms with Gasteiger partial charge in [0.25, 0.3) is 0 Å². The first-order valence-electron chi connectivity index (χ1n) is 6.26. The second-order valence-electron chi connectivity index (χ2n) is 4.12. The second kappa shape index (κ2) is 11.4. The van der Waals surface area contributed by atoms with E-state index in [2.05, 4.69) is 6.92 Å². The smallest absolute Gasteiger partial charge is 0.133 e. The lowest BCUT2D eigenvalue weighted by Gasteiger charge is -2.00. The van der Waals surface area contributed by atoms with Gasteiger partial charge in [0, 0.05) is 19.3 Å². The van der Waals surface area contributed by atoms with Crippen molar-refractivity contribution in [1.82, 2.24) is 0 Å². The van der Waals surface area contributed by atoms with E-state index in [1.165, 1.54) is 32.1 Å². The molecule has 0 spiro atoms. The average Bonchev–Trinajstić information content (AvgIpc) is 2.25. The molecule has 0 aliphatic carbocycles. The largest absolute Gasteiger partial charge is 0.303 e. The lowest BCUT2D eigenvalue weighted by Crippen LogP contribution is -1.97. The van der Waals surface area contributed by atoms with Crippen LogP contribution in [0.5, 0.6) is 0 Å². The third-order valence-corrected chi connectivity index (χ3v) is 2.60. The first kappa shape index (κ1) is 14.3. The van der Waals surface area contributed by atoms with Gasteiger partial charge >= 0.3 is 0 Å². The van der Waals surface area contributed by atoms with Crippen LogP contribution in [0.15, 0.2) is 0 Å². The highest BCUT2D eigenvalue weighted by Crippen LogP contribution is 2.09. The Bertz CT molecular complexity index is 164. The summed E-state index contributed by atoms with van der Waals surface area (Å²) < 4.78 is 0. The van der Waals surface area contributed by atoms with Crippen molar-refractivity contribution < 1.29 is 9.59 Å². The van der Waals surface area contributed by atoms with E-state index in [0.29, 0.717) is 19.3 Å². The third kappa shape index (κ3) is 11.3. The number of unbranched alkanes of at least 4 members (excludes halogenated alkanes) is 6. The Labute approximate surface area is 93.4 Å². The van der Waals surface area contributed by atoms with Crippen LogP contribution in [0.3, 0.4) is 0 Å². The summed E-state index contributed by atoms with van der Waals surface area (Å²) in [6.07, 6.45) is 11.0. The number of ketones is 1. The molecule has 0 radical (unpaired) electrons. The second-order valence-corrected chi connectivity index (χ2v) is 4.12. The molecule has 2 nitrogen and oxygen atoms in total. The molecular formula is C13H24O2. The molecule has 15 heavy (non-hydrogen) atoms. The standard InChI is InChI=1S/C13H24O2/c1-2-3-4-5-6-7-8-10-13(15)11-9-12-14/h12H,2-11H2,1H3. The lowest BCUT2D eigenvalue weighted by molar-refractivity contribution is -0.120. The van der Waals surface area contributed by atoms with Crippen LogP contribution in [0.4, 0.5) is 0 Å². The molecule has 2 heteroatoms. The van der Waals surface area contributed by atoms with Crippen LogP contribution in [0, 0.1) is 0 Å². The fourth-order valence-electron chi connectivity index (χ4n) is 1.62. The summed E-state index contributed by atoms with van der Waals surface area (Å²) >= 11 is 0. The van der Waals surface area contributed by atoms with E-state index < -0.39 is 0 Å². The topological polar surface area (TPSA) is 34.1 Å². The van der Waals surface area contributed by atoms with Gasteiger partial charge in [0.2, 0.25) is 0 Å². The normalized spacial score (nSPS) is 10.2. The summed E-state index contributed by atoms with van der Waals surface area (Å²) in [5.74, 6) is 0.246. The van der Waals surface area contributed by atoms with Gasteiger partial charge in [0.1, 0.15) is 12.1 Å². The number of rotatable bonds is 11. The van der Waals surface area contributed by atoms with Gasteiger partial charge < -0.3 is 4.79 Å². The third-order valence-electron chi connectivity index (χ3n) is 2.60. The summed E-state index contributed by atoms with van der Waals surface area (Å²) in [5, 5.41) is 0. The van der Waals surface area contributed by atoms with Gasteiger partial charge in [-0.25, -0.2) is 0 Å². The summed E-state index contributed by atoms with van der Waals surface area (Å²) in [7, 11) is 0. The molecule has 0 aliphatic rings. The monoisotopic (exact) mass is 212 g/mol. The first-order valence-corrected chi connectivity index (χ1v) is 6.26. The first-order chi connectivity index (χ1) is 7.31. The Morgan fingerprint density at radius 2 is 1.53 bits per heavy atom. The van der Waals surface area contributed by atoms with E-state index in [4.69, 9.17) is 0 Å². The molecule has 0 saturated carbocycles. The molecule has 88 valence electrons. The quantitative estimate of drug-likeness (QED) is 0.387. The maximum absolute atomic E-state index is 11.2. The Balaban J connectivity index is 3.09. The van der Waals surface area contributed by atoms with Crippen LogP contribution in [0.2, 0.25) is 0 Å². The number of carbonyl (C=O) groups is 2. The van der Waals surface area contributed by atoms with Gasteiger partial charge in [-0.3, -0.25) is 4.79 Å². The number of Topliss-reactive ketones (excluding diaryl/α,β-unsaturated/α-hetero) is 1. The molecule has 0 heterocycles. The lowest BCUT2D eigenvalue weighted by atomic mass is 10.1. The average molecular weight is 212 g/mol. The molecule has 0 fully saturated rings. The molecule has 0 unspecified atom stereocenters. The van der Waals surface area contributed by atoms with Gasteiger partial charge in [-0.05, 0) is 6.42 Å². The molecular weight excluding hydrogens is 188 g/mol. The van der Waals surface area contributed by atoms with Gasteiger partial charge in [-0.2, -0.15) is 0 Å². The van der Waals surface area contributed by atoms with E-state index in [1.54, 1.807) is 0 Å². The van der Waals surface area contributed by atoms with Gasteiger partial charge in [0.15, 0.2) is 0 Å². The number of carbonyl (C=O) groups excluding carboxylic acids is 2. The minimum absolute atomic E-state index is 0.246. The van der Waals surface area contributed by atoms with E-state index in [1.807, 2.05) is 0 Å². The molecule has 0 saturated heterocycles. The number of hydrogen-bond acceptors (Lipinski definition) is 2. The van der Waals surface area contributed by atoms with E-state index in [-0.39, 0.29) is 5.78 Å². The summed E-state index contributed by atoms with van der Waals surface area (Å²) in [6.45, 7) is 2.21. The van der Waals surface area contributed by atoms with Crippen molar-refractivity contribution in [3.8, 4) is 0 Å². The fourth-order valence-corrected chi connectivity index (χ4v) is 1.62. The molecule has 0 N–H and O–H groups in total. The van der Waals surface area contributed by atoms with Crippen molar-refractivity contribution >= 4 is 12.1 Å². The SMILES string of the molecule is CCCCCCCCCC(=O)CCC=O. The molecule has 0 aromatic heterocycles. The number of hydrogen-bond donors (Lipinski definition) is 0. The highest BCUT2D eigenvalue weighted by atomic mass is 16.1. The molecule has 0 aliphatic heterocycles. The van der Waals surface area contributed by atoms with E-state index in [9.17, 15) is 9.59 Å². The molecule has 0 bridgehead atoms. The van der Waals surface area contributed by atoms with Crippen molar-refractivity contribution in [3.05, 3.63) is 0 Å². The Hall–Kier alpha value is -0.660. The van der Waals surface area contributed by atoms with Crippen LogP contribution in [-0.2, 0) is 9.59 Å². The van der Waals surface area contributed by atoms with Crippen molar-refractivity contribution in [2.75, 3.05) is 0 Å². The van der Waals surface area contributed by atoms with Gasteiger partial charge in [-0.15, -0.1) is 0 Å². The fraction of sp³-hybridized carbons (Fsp3) is 0.846. The molecule has 0 amide bonds. The highest BCUT2D eigenvalue weighted by Gasteiger charge is 2.00. The summed E-state index contributed by atoms with van der Waals surface area (Å²) in [5.41, 5.74) is 0. The van der Waals surface area contributed by atoms with Crippen molar-refractivity contribution in [2.24, 2.45) is 0 Å². The van der Waals surface area contributed by atoms with E-state index >= 15 is 0 Å². The number of aldehydes is 1. The predicted octanol–water partition coefficient (Wildman–Crippen LogP) is 3.68. The summed E-state index contributed by atoms with van der Waals surface area (Å²) in [6, 6.07) is 0. The zero-order chi connectivity index (χ0) is 11.4. The van der Waals surface area contributed by atoms with Crippen LogP contribution in [0.1, 0.15) is 71.1 Å². The minimum atomic E-state index is 0.246. The Morgan fingerprint density at radius 3 is 2.13 bits per heavy atom. The van der Waals surface area contributed by atoms with Gasteiger partial charge in [-0.1, -0.05) is 45.4 Å².